The van der Waals surface area contributed by atoms with E-state index in [4.69, 9.17) is 33.0 Å². The maximum Gasteiger partial charge on any atom is 0.354 e. The van der Waals surface area contributed by atoms with E-state index in [-0.39, 0.29) is 12.3 Å². The smallest absolute Gasteiger partial charge is 0.354 e. The molecule has 0 spiro atoms. The molecule has 0 amide bonds. The van der Waals surface area contributed by atoms with Crippen LogP contribution in [0, 0.1) is 0 Å². The van der Waals surface area contributed by atoms with E-state index >= 15 is 0 Å². The Kier molecular flexibility index (Phi) is 4.24. The number of nitrogens with zero attached hydrogens (tertiary/aromatic N) is 1. The van der Waals surface area contributed by atoms with Gasteiger partial charge in [-0.1, -0.05) is 29.3 Å². The molecule has 0 aliphatic rings. The van der Waals surface area contributed by atoms with Gasteiger partial charge in [0, 0.05) is 6.20 Å². The van der Waals surface area contributed by atoms with Gasteiger partial charge in [-0.2, -0.15) is 0 Å². The van der Waals surface area contributed by atoms with E-state index in [2.05, 4.69) is 4.98 Å². The lowest BCUT2D eigenvalue weighted by atomic mass is 10.2. The molecule has 0 aliphatic carbocycles. The van der Waals surface area contributed by atoms with Crippen LogP contribution in [0.3, 0.4) is 0 Å². The zero-order chi connectivity index (χ0) is 13.8. The Bertz CT molecular complexity index is 617. The second-order valence-electron chi connectivity index (χ2n) is 3.70. The number of halogens is 2. The Labute approximate surface area is 119 Å². The highest BCUT2D eigenvalue weighted by atomic mass is 35.5. The van der Waals surface area contributed by atoms with Gasteiger partial charge in [-0.3, -0.25) is 0 Å². The molecule has 2 rings (SSSR count). The summed E-state index contributed by atoms with van der Waals surface area (Å²) in [4.78, 5) is 14.5. The van der Waals surface area contributed by atoms with Crippen molar-refractivity contribution in [3.63, 3.8) is 0 Å². The van der Waals surface area contributed by atoms with Crippen molar-refractivity contribution < 1.29 is 14.6 Å². The largest absolute Gasteiger partial charge is 0.487 e. The van der Waals surface area contributed by atoms with Gasteiger partial charge >= 0.3 is 5.97 Å². The molecule has 1 heterocycles. The first-order valence-electron chi connectivity index (χ1n) is 5.33. The molecule has 2 aromatic rings. The van der Waals surface area contributed by atoms with Gasteiger partial charge in [0.25, 0.3) is 0 Å². The average Bonchev–Trinajstić information content (AvgIpc) is 2.41. The van der Waals surface area contributed by atoms with Gasteiger partial charge in [-0.25, -0.2) is 9.78 Å². The lowest BCUT2D eigenvalue weighted by molar-refractivity contribution is 0.0690. The summed E-state index contributed by atoms with van der Waals surface area (Å²) in [5, 5.41) is 9.57. The summed E-state index contributed by atoms with van der Waals surface area (Å²) in [7, 11) is 0. The molecule has 19 heavy (non-hydrogen) atoms. The monoisotopic (exact) mass is 297 g/mol. The molecule has 0 aliphatic heterocycles. The van der Waals surface area contributed by atoms with Crippen LogP contribution in [-0.4, -0.2) is 16.1 Å². The number of ether oxygens (including phenoxy) is 1. The average molecular weight is 298 g/mol. The van der Waals surface area contributed by atoms with Crippen LogP contribution in [0.4, 0.5) is 0 Å². The number of carboxylic acid groups (broad SMARTS) is 1. The molecule has 0 atom stereocenters. The summed E-state index contributed by atoms with van der Waals surface area (Å²) in [5.41, 5.74) is 0.654. The minimum Gasteiger partial charge on any atom is -0.487 e. The van der Waals surface area contributed by atoms with Crippen molar-refractivity contribution in [2.75, 3.05) is 0 Å². The zero-order valence-corrected chi connectivity index (χ0v) is 11.1. The molecule has 6 heteroatoms. The molecule has 0 saturated carbocycles. The second-order valence-corrected chi connectivity index (χ2v) is 4.48. The van der Waals surface area contributed by atoms with Crippen LogP contribution in [0.15, 0.2) is 36.5 Å². The van der Waals surface area contributed by atoms with Crippen molar-refractivity contribution in [1.82, 2.24) is 4.98 Å². The van der Waals surface area contributed by atoms with E-state index in [0.29, 0.717) is 21.4 Å². The quantitative estimate of drug-likeness (QED) is 0.935. The highest BCUT2D eigenvalue weighted by Gasteiger charge is 2.08. The van der Waals surface area contributed by atoms with Crippen LogP contribution in [-0.2, 0) is 6.61 Å². The molecular weight excluding hydrogens is 289 g/mol. The summed E-state index contributed by atoms with van der Waals surface area (Å²) in [5.74, 6) is -0.634. The maximum absolute atomic E-state index is 10.8. The molecule has 1 aromatic carbocycles. The number of aromatic carboxylic acids is 1. The van der Waals surface area contributed by atoms with Gasteiger partial charge in [0.2, 0.25) is 0 Å². The first-order chi connectivity index (χ1) is 9.08. The molecule has 0 bridgehead atoms. The van der Waals surface area contributed by atoms with Crippen molar-refractivity contribution in [2.24, 2.45) is 0 Å². The number of rotatable bonds is 4. The summed E-state index contributed by atoms with van der Waals surface area (Å²) in [6.45, 7) is 0.183. The zero-order valence-electron chi connectivity index (χ0n) is 9.64. The first-order valence-corrected chi connectivity index (χ1v) is 6.08. The Hall–Kier alpha value is -1.78. The SMILES string of the molecule is O=C(O)c1cc(COc2cccc(Cl)c2Cl)ccn1. The highest BCUT2D eigenvalue weighted by Crippen LogP contribution is 2.31. The van der Waals surface area contributed by atoms with Crippen molar-refractivity contribution >= 4 is 29.2 Å². The Morgan fingerprint density at radius 3 is 2.84 bits per heavy atom. The standard InChI is InChI=1S/C13H9Cl2NO3/c14-9-2-1-3-11(12(9)15)19-7-8-4-5-16-10(6-8)13(17)18/h1-6H,7H2,(H,17,18). The van der Waals surface area contributed by atoms with Crippen LogP contribution in [0.25, 0.3) is 0 Å². The fraction of sp³-hybridized carbons (Fsp3) is 0.0769. The van der Waals surface area contributed by atoms with Gasteiger partial charge in [-0.05, 0) is 29.8 Å². The molecule has 98 valence electrons. The predicted octanol–water partition coefficient (Wildman–Crippen LogP) is 3.67. The van der Waals surface area contributed by atoms with Gasteiger partial charge < -0.3 is 9.84 Å². The minimum atomic E-state index is -1.08. The summed E-state index contributed by atoms with van der Waals surface area (Å²) in [6, 6.07) is 8.18. The Morgan fingerprint density at radius 2 is 2.11 bits per heavy atom. The number of hydrogen-bond acceptors (Lipinski definition) is 3. The number of benzene rings is 1. The van der Waals surface area contributed by atoms with E-state index in [1.165, 1.54) is 12.3 Å². The summed E-state index contributed by atoms with van der Waals surface area (Å²) in [6.07, 6.45) is 1.42. The summed E-state index contributed by atoms with van der Waals surface area (Å²) >= 11 is 11.8. The van der Waals surface area contributed by atoms with Crippen LogP contribution >= 0.6 is 23.2 Å². The first kappa shape index (κ1) is 13.6. The highest BCUT2D eigenvalue weighted by molar-refractivity contribution is 6.42. The third kappa shape index (κ3) is 3.36. The van der Waals surface area contributed by atoms with E-state index in [1.807, 2.05) is 0 Å². The van der Waals surface area contributed by atoms with E-state index in [9.17, 15) is 4.79 Å². The van der Waals surface area contributed by atoms with Crippen LogP contribution in [0.5, 0.6) is 5.75 Å². The molecule has 0 saturated heterocycles. The number of aromatic nitrogens is 1. The number of carbonyl (C=O) groups is 1. The lowest BCUT2D eigenvalue weighted by Crippen LogP contribution is -2.03. The van der Waals surface area contributed by atoms with Crippen molar-refractivity contribution in [1.29, 1.82) is 0 Å². The fourth-order valence-corrected chi connectivity index (χ4v) is 1.78. The van der Waals surface area contributed by atoms with Crippen molar-refractivity contribution in [2.45, 2.75) is 6.61 Å². The third-order valence-corrected chi connectivity index (χ3v) is 3.16. The Balaban J connectivity index is 2.12. The van der Waals surface area contributed by atoms with Crippen LogP contribution < -0.4 is 4.74 Å². The van der Waals surface area contributed by atoms with E-state index < -0.39 is 5.97 Å². The molecule has 1 aromatic heterocycles. The molecule has 1 N–H and O–H groups in total. The number of carboxylic acids is 1. The van der Waals surface area contributed by atoms with Crippen LogP contribution in [0.2, 0.25) is 10.0 Å². The molecule has 0 fully saturated rings. The van der Waals surface area contributed by atoms with E-state index in [0.717, 1.165) is 0 Å². The summed E-state index contributed by atoms with van der Waals surface area (Å²) < 4.78 is 5.50. The van der Waals surface area contributed by atoms with E-state index in [1.54, 1.807) is 24.3 Å². The number of pyridine rings is 1. The molecule has 0 unspecified atom stereocenters. The minimum absolute atomic E-state index is 0.0294. The predicted molar refractivity (Wildman–Crippen MR) is 72.0 cm³/mol. The van der Waals surface area contributed by atoms with Gasteiger partial charge in [0.05, 0.1) is 5.02 Å². The normalized spacial score (nSPS) is 10.2. The van der Waals surface area contributed by atoms with Crippen molar-refractivity contribution in [3.05, 3.63) is 57.8 Å². The maximum atomic E-state index is 10.8. The topological polar surface area (TPSA) is 59.4 Å². The third-order valence-electron chi connectivity index (χ3n) is 2.35. The van der Waals surface area contributed by atoms with Crippen molar-refractivity contribution in [3.8, 4) is 5.75 Å². The molecular formula is C13H9Cl2NO3. The second kappa shape index (κ2) is 5.91. The van der Waals surface area contributed by atoms with Crippen LogP contribution in [0.1, 0.15) is 16.1 Å². The number of hydrogen-bond donors (Lipinski definition) is 1. The molecule has 4 nitrogen and oxygen atoms in total. The van der Waals surface area contributed by atoms with Gasteiger partial charge in [0.1, 0.15) is 23.1 Å². The van der Waals surface area contributed by atoms with Gasteiger partial charge in [0.15, 0.2) is 0 Å². The lowest BCUT2D eigenvalue weighted by Gasteiger charge is -2.09. The molecule has 0 radical (unpaired) electrons. The fourth-order valence-electron chi connectivity index (χ4n) is 1.44. The van der Waals surface area contributed by atoms with Gasteiger partial charge in [-0.15, -0.1) is 0 Å². The Morgan fingerprint density at radius 1 is 1.32 bits per heavy atom.